The van der Waals surface area contributed by atoms with Crippen LogP contribution in [-0.2, 0) is 6.42 Å². The first kappa shape index (κ1) is 21.7. The summed E-state index contributed by atoms with van der Waals surface area (Å²) in [5.74, 6) is 3.13. The summed E-state index contributed by atoms with van der Waals surface area (Å²) in [6, 6.07) is 6.09. The Kier molecular flexibility index (Phi) is 7.32. The molecular formula is C22H30N6O2. The number of tetrazole rings is 1. The van der Waals surface area contributed by atoms with Gasteiger partial charge in [-0.3, -0.25) is 0 Å². The first-order valence-electron chi connectivity index (χ1n) is 10.4. The molecule has 0 spiro atoms. The molecule has 0 aliphatic heterocycles. The Hall–Kier alpha value is -3.03. The number of rotatable bonds is 10. The van der Waals surface area contributed by atoms with E-state index in [-0.39, 0.29) is 12.0 Å². The van der Waals surface area contributed by atoms with Gasteiger partial charge in [-0.2, -0.15) is 4.80 Å². The van der Waals surface area contributed by atoms with Crippen LogP contribution in [0, 0.1) is 0 Å². The molecule has 0 unspecified atom stereocenters. The average molecular weight is 411 g/mol. The van der Waals surface area contributed by atoms with E-state index in [0.29, 0.717) is 11.7 Å². The summed E-state index contributed by atoms with van der Waals surface area (Å²) < 4.78 is 11.1. The van der Waals surface area contributed by atoms with Crippen molar-refractivity contribution in [3.05, 3.63) is 41.6 Å². The van der Waals surface area contributed by atoms with Gasteiger partial charge >= 0.3 is 0 Å². The van der Waals surface area contributed by atoms with E-state index in [1.54, 1.807) is 11.9 Å². The Morgan fingerprint density at radius 2 is 1.93 bits per heavy atom. The molecular weight excluding hydrogens is 380 g/mol. The van der Waals surface area contributed by atoms with Crippen LogP contribution in [0.25, 0.3) is 17.5 Å². The Bertz CT molecular complexity index is 974. The molecule has 0 aliphatic rings. The van der Waals surface area contributed by atoms with Crippen molar-refractivity contribution in [2.24, 2.45) is 0 Å². The molecule has 160 valence electrons. The molecule has 3 rings (SSSR count). The third kappa shape index (κ3) is 5.52. The number of unbranched alkanes of at least 4 members (excludes halogenated alkanes) is 2. The third-order valence-electron chi connectivity index (χ3n) is 4.66. The zero-order valence-corrected chi connectivity index (χ0v) is 18.4. The van der Waals surface area contributed by atoms with E-state index in [1.165, 1.54) is 0 Å². The van der Waals surface area contributed by atoms with E-state index in [9.17, 15) is 0 Å². The van der Waals surface area contributed by atoms with E-state index < -0.39 is 0 Å². The molecule has 0 bridgehead atoms. The number of allylic oxidation sites excluding steroid dienone is 1. The predicted molar refractivity (Wildman–Crippen MR) is 115 cm³/mol. The maximum atomic E-state index is 5.65. The molecule has 0 aliphatic carbocycles. The van der Waals surface area contributed by atoms with Crippen molar-refractivity contribution in [1.82, 2.24) is 30.4 Å². The van der Waals surface area contributed by atoms with Crippen LogP contribution in [0.4, 0.5) is 0 Å². The summed E-state index contributed by atoms with van der Waals surface area (Å²) in [5, 5.41) is 20.9. The van der Waals surface area contributed by atoms with Gasteiger partial charge in [-0.1, -0.05) is 26.0 Å². The van der Waals surface area contributed by atoms with Crippen molar-refractivity contribution in [1.29, 1.82) is 0 Å². The molecule has 2 aromatic heterocycles. The van der Waals surface area contributed by atoms with Gasteiger partial charge in [-0.15, -0.1) is 20.4 Å². The number of aromatic nitrogens is 6. The molecule has 3 aromatic rings. The smallest absolute Gasteiger partial charge is 0.219 e. The molecule has 30 heavy (non-hydrogen) atoms. The maximum Gasteiger partial charge on any atom is 0.219 e. The number of hydrogen-bond acceptors (Lipinski definition) is 7. The molecule has 8 nitrogen and oxygen atoms in total. The van der Waals surface area contributed by atoms with E-state index in [4.69, 9.17) is 9.15 Å². The number of aryl methyl sites for hydroxylation is 1. The predicted octanol–water partition coefficient (Wildman–Crippen LogP) is 4.86. The van der Waals surface area contributed by atoms with E-state index in [2.05, 4.69) is 37.8 Å². The highest BCUT2D eigenvalue weighted by molar-refractivity contribution is 5.66. The number of ether oxygens (including phenoxy) is 1. The molecule has 0 radical (unpaired) electrons. The van der Waals surface area contributed by atoms with Gasteiger partial charge in [0.1, 0.15) is 5.75 Å². The summed E-state index contributed by atoms with van der Waals surface area (Å²) in [6.07, 6.45) is 8.06. The largest absolute Gasteiger partial charge is 0.496 e. The van der Waals surface area contributed by atoms with Crippen molar-refractivity contribution in [3.63, 3.8) is 0 Å². The summed E-state index contributed by atoms with van der Waals surface area (Å²) in [6.45, 7) is 8.15. The normalized spacial score (nSPS) is 11.8. The molecule has 0 saturated carbocycles. The number of nitrogens with zero attached hydrogens (tertiary/aromatic N) is 6. The van der Waals surface area contributed by atoms with Crippen LogP contribution in [0.15, 0.2) is 28.7 Å². The van der Waals surface area contributed by atoms with Gasteiger partial charge in [-0.05, 0) is 56.5 Å². The highest BCUT2D eigenvalue weighted by Gasteiger charge is 2.11. The van der Waals surface area contributed by atoms with Crippen LogP contribution in [0.1, 0.15) is 76.3 Å². The van der Waals surface area contributed by atoms with Gasteiger partial charge in [0.25, 0.3) is 0 Å². The Labute approximate surface area is 177 Å². The van der Waals surface area contributed by atoms with Crippen molar-refractivity contribution >= 4 is 6.08 Å². The van der Waals surface area contributed by atoms with E-state index in [1.807, 2.05) is 45.9 Å². The highest BCUT2D eigenvalue weighted by Crippen LogP contribution is 2.26. The van der Waals surface area contributed by atoms with Crippen molar-refractivity contribution in [3.8, 4) is 17.1 Å². The zero-order chi connectivity index (χ0) is 21.5. The standard InChI is InChI=1S/C22H30N6O2/c1-15(2)22-25-23-20(30-22)11-9-7-6-8-10-17-14-18(12-13-19(17)29-5)21-24-27-28(26-21)16(3)4/h8,10,12-16H,6-7,9,11H2,1-5H3/b10-8+. The van der Waals surface area contributed by atoms with Gasteiger partial charge < -0.3 is 9.15 Å². The van der Waals surface area contributed by atoms with Crippen molar-refractivity contribution in [2.45, 2.75) is 65.3 Å². The van der Waals surface area contributed by atoms with Crippen LogP contribution in [0.5, 0.6) is 5.75 Å². The van der Waals surface area contributed by atoms with Crippen molar-refractivity contribution < 1.29 is 9.15 Å². The zero-order valence-electron chi connectivity index (χ0n) is 18.4. The molecule has 8 heteroatoms. The first-order valence-corrected chi connectivity index (χ1v) is 10.4. The van der Waals surface area contributed by atoms with Crippen molar-refractivity contribution in [2.75, 3.05) is 7.11 Å². The Balaban J connectivity index is 1.56. The summed E-state index contributed by atoms with van der Waals surface area (Å²) in [5.41, 5.74) is 1.91. The number of methoxy groups -OCH3 is 1. The molecule has 2 heterocycles. The van der Waals surface area contributed by atoms with E-state index in [0.717, 1.165) is 48.5 Å². The monoisotopic (exact) mass is 410 g/mol. The van der Waals surface area contributed by atoms with Crippen LogP contribution in [0.2, 0.25) is 0 Å². The SMILES string of the molecule is COc1ccc(-c2nnn(C(C)C)n2)cc1/C=C/CCCCc1nnc(C(C)C)o1. The van der Waals surface area contributed by atoms with E-state index >= 15 is 0 Å². The second kappa shape index (κ2) is 10.1. The van der Waals surface area contributed by atoms with Crippen LogP contribution in [-0.4, -0.2) is 37.5 Å². The highest BCUT2D eigenvalue weighted by atomic mass is 16.5. The van der Waals surface area contributed by atoms with Gasteiger partial charge in [0.05, 0.1) is 13.2 Å². The molecule has 0 N–H and O–H groups in total. The summed E-state index contributed by atoms with van der Waals surface area (Å²) >= 11 is 0. The summed E-state index contributed by atoms with van der Waals surface area (Å²) in [7, 11) is 1.68. The lowest BCUT2D eigenvalue weighted by molar-refractivity contribution is 0.414. The van der Waals surface area contributed by atoms with Gasteiger partial charge in [0, 0.05) is 23.5 Å². The maximum absolute atomic E-state index is 5.65. The lowest BCUT2D eigenvalue weighted by atomic mass is 10.1. The Morgan fingerprint density at radius 1 is 1.10 bits per heavy atom. The molecule has 1 aromatic carbocycles. The van der Waals surface area contributed by atoms with Crippen LogP contribution >= 0.6 is 0 Å². The first-order chi connectivity index (χ1) is 14.5. The summed E-state index contributed by atoms with van der Waals surface area (Å²) in [4.78, 5) is 1.61. The topological polar surface area (TPSA) is 91.8 Å². The molecule has 0 atom stereocenters. The van der Waals surface area contributed by atoms with Gasteiger partial charge in [0.2, 0.25) is 17.6 Å². The molecule has 0 fully saturated rings. The fraction of sp³-hybridized carbons (Fsp3) is 0.500. The second-order valence-corrected chi connectivity index (χ2v) is 7.82. The van der Waals surface area contributed by atoms with Gasteiger partial charge in [-0.25, -0.2) is 0 Å². The fourth-order valence-corrected chi connectivity index (χ4v) is 2.91. The molecule has 0 saturated heterocycles. The Morgan fingerprint density at radius 3 is 2.60 bits per heavy atom. The average Bonchev–Trinajstić information content (AvgIpc) is 3.40. The minimum Gasteiger partial charge on any atom is -0.496 e. The lowest BCUT2D eigenvalue weighted by Gasteiger charge is -2.06. The fourth-order valence-electron chi connectivity index (χ4n) is 2.91. The number of hydrogen-bond donors (Lipinski definition) is 0. The number of benzene rings is 1. The minimum absolute atomic E-state index is 0.174. The lowest BCUT2D eigenvalue weighted by Crippen LogP contribution is -2.04. The van der Waals surface area contributed by atoms with Crippen LogP contribution in [0.3, 0.4) is 0 Å². The van der Waals surface area contributed by atoms with Crippen LogP contribution < -0.4 is 4.74 Å². The third-order valence-corrected chi connectivity index (χ3v) is 4.66. The quantitative estimate of drug-likeness (QED) is 0.441. The molecule has 0 amide bonds. The van der Waals surface area contributed by atoms with Gasteiger partial charge in [0.15, 0.2) is 0 Å². The second-order valence-electron chi connectivity index (χ2n) is 7.82. The minimum atomic E-state index is 0.174.